The van der Waals surface area contributed by atoms with E-state index >= 15 is 0 Å². The Morgan fingerprint density at radius 1 is 1.29 bits per heavy atom. The number of benzene rings is 1. The summed E-state index contributed by atoms with van der Waals surface area (Å²) < 4.78 is 26.4. The molecule has 1 aromatic heterocycles. The lowest BCUT2D eigenvalue weighted by Gasteiger charge is -2.18. The van der Waals surface area contributed by atoms with Crippen molar-refractivity contribution in [3.63, 3.8) is 0 Å². The molecule has 0 saturated heterocycles. The van der Waals surface area contributed by atoms with Crippen molar-refractivity contribution in [3.05, 3.63) is 44.6 Å². The standard InChI is InChI=1S/C13H14Cl2N2O2S2/c1-17(5-4-10-3-2-6-20-10)21(18,19)13-11(14)7-9(16)8-12(13)15/h2-3,6-8H,4-5,16H2,1H3. The van der Waals surface area contributed by atoms with Gasteiger partial charge in [0.2, 0.25) is 10.0 Å². The summed E-state index contributed by atoms with van der Waals surface area (Å²) in [6.07, 6.45) is 0.637. The maximum atomic E-state index is 12.6. The molecule has 0 radical (unpaired) electrons. The number of thiophene rings is 1. The summed E-state index contributed by atoms with van der Waals surface area (Å²) in [4.78, 5) is 1.01. The quantitative estimate of drug-likeness (QED) is 0.825. The van der Waals surface area contributed by atoms with Gasteiger partial charge in [0, 0.05) is 24.2 Å². The summed E-state index contributed by atoms with van der Waals surface area (Å²) in [5.41, 5.74) is 5.92. The predicted octanol–water partition coefficient (Wildman–Crippen LogP) is 3.50. The van der Waals surface area contributed by atoms with Gasteiger partial charge in [0.05, 0.1) is 10.0 Å². The van der Waals surface area contributed by atoms with Crippen LogP contribution in [0.3, 0.4) is 0 Å². The molecule has 114 valence electrons. The number of nitrogens with two attached hydrogens (primary N) is 1. The number of hydrogen-bond donors (Lipinski definition) is 1. The number of hydrogen-bond acceptors (Lipinski definition) is 4. The first kappa shape index (κ1) is 16.6. The highest BCUT2D eigenvalue weighted by molar-refractivity contribution is 7.89. The largest absolute Gasteiger partial charge is 0.399 e. The second-order valence-electron chi connectivity index (χ2n) is 4.47. The van der Waals surface area contributed by atoms with Crippen LogP contribution in [-0.4, -0.2) is 26.3 Å². The normalized spacial score (nSPS) is 12.0. The first-order chi connectivity index (χ1) is 9.82. The van der Waals surface area contributed by atoms with Gasteiger partial charge < -0.3 is 5.73 Å². The molecule has 0 aliphatic heterocycles. The highest BCUT2D eigenvalue weighted by Gasteiger charge is 2.26. The summed E-state index contributed by atoms with van der Waals surface area (Å²) >= 11 is 13.6. The lowest BCUT2D eigenvalue weighted by molar-refractivity contribution is 0.473. The van der Waals surface area contributed by atoms with Crippen LogP contribution in [0.2, 0.25) is 10.0 Å². The molecule has 0 amide bonds. The fourth-order valence-electron chi connectivity index (χ4n) is 1.82. The van der Waals surface area contributed by atoms with Crippen molar-refractivity contribution in [2.24, 2.45) is 0 Å². The third-order valence-corrected chi connectivity index (χ3v) is 6.66. The van der Waals surface area contributed by atoms with Crippen molar-refractivity contribution in [3.8, 4) is 0 Å². The van der Waals surface area contributed by atoms with Crippen molar-refractivity contribution < 1.29 is 8.42 Å². The van der Waals surface area contributed by atoms with Crippen molar-refractivity contribution in [1.29, 1.82) is 0 Å². The van der Waals surface area contributed by atoms with Crippen molar-refractivity contribution in [2.75, 3.05) is 19.3 Å². The van der Waals surface area contributed by atoms with E-state index < -0.39 is 10.0 Å². The Labute approximate surface area is 138 Å². The molecule has 1 aromatic carbocycles. The third-order valence-electron chi connectivity index (χ3n) is 2.94. The molecule has 2 N–H and O–H groups in total. The number of anilines is 1. The number of rotatable bonds is 5. The summed E-state index contributed by atoms with van der Waals surface area (Å²) in [5.74, 6) is 0. The molecule has 0 aliphatic carbocycles. The Hall–Kier alpha value is -0.790. The number of sulfonamides is 1. The van der Waals surface area contributed by atoms with Crippen LogP contribution in [-0.2, 0) is 16.4 Å². The predicted molar refractivity (Wildman–Crippen MR) is 88.7 cm³/mol. The minimum Gasteiger partial charge on any atom is -0.399 e. The monoisotopic (exact) mass is 364 g/mol. The van der Waals surface area contributed by atoms with Gasteiger partial charge in [-0.1, -0.05) is 29.3 Å². The maximum absolute atomic E-state index is 12.6. The molecule has 2 rings (SSSR count). The number of likely N-dealkylation sites (N-methyl/N-ethyl adjacent to an activating group) is 1. The zero-order valence-corrected chi connectivity index (χ0v) is 14.4. The second kappa shape index (κ2) is 6.54. The van der Waals surface area contributed by atoms with Gasteiger partial charge in [0.1, 0.15) is 4.90 Å². The van der Waals surface area contributed by atoms with E-state index in [1.165, 1.54) is 23.5 Å². The summed E-state index contributed by atoms with van der Waals surface area (Å²) in [5, 5.41) is 2.02. The van der Waals surface area contributed by atoms with Crippen molar-refractivity contribution in [2.45, 2.75) is 11.3 Å². The molecule has 0 bridgehead atoms. The molecule has 0 saturated carbocycles. The van der Waals surface area contributed by atoms with Crippen LogP contribution in [0.15, 0.2) is 34.5 Å². The van der Waals surface area contributed by atoms with E-state index in [1.54, 1.807) is 11.3 Å². The van der Waals surface area contributed by atoms with Crippen LogP contribution in [0.4, 0.5) is 5.69 Å². The van der Waals surface area contributed by atoms with E-state index in [0.29, 0.717) is 18.7 Å². The van der Waals surface area contributed by atoms with Crippen LogP contribution in [0.5, 0.6) is 0 Å². The van der Waals surface area contributed by atoms with E-state index in [1.807, 2.05) is 17.5 Å². The fraction of sp³-hybridized carbons (Fsp3) is 0.231. The number of halogens is 2. The fourth-order valence-corrected chi connectivity index (χ4v) is 4.87. The van der Waals surface area contributed by atoms with E-state index in [9.17, 15) is 8.42 Å². The second-order valence-corrected chi connectivity index (χ2v) is 8.30. The molecule has 0 atom stereocenters. The first-order valence-corrected chi connectivity index (χ1v) is 9.13. The average molecular weight is 365 g/mol. The molecule has 0 unspecified atom stereocenters. The molecule has 4 nitrogen and oxygen atoms in total. The Morgan fingerprint density at radius 2 is 1.90 bits per heavy atom. The Kier molecular flexibility index (Phi) is 5.16. The number of nitrogens with zero attached hydrogens (tertiary/aromatic N) is 1. The topological polar surface area (TPSA) is 63.4 Å². The lowest BCUT2D eigenvalue weighted by Crippen LogP contribution is -2.29. The molecular formula is C13H14Cl2N2O2S2. The Morgan fingerprint density at radius 3 is 2.43 bits per heavy atom. The smallest absolute Gasteiger partial charge is 0.245 e. The van der Waals surface area contributed by atoms with E-state index in [2.05, 4.69) is 0 Å². The molecule has 1 heterocycles. The molecule has 0 aliphatic rings. The SMILES string of the molecule is CN(CCc1cccs1)S(=O)(=O)c1c(Cl)cc(N)cc1Cl. The zero-order valence-electron chi connectivity index (χ0n) is 11.2. The van der Waals surface area contributed by atoms with Gasteiger partial charge >= 0.3 is 0 Å². The Balaban J connectivity index is 2.25. The molecular weight excluding hydrogens is 351 g/mol. The van der Waals surface area contributed by atoms with Crippen LogP contribution in [0.1, 0.15) is 4.88 Å². The highest BCUT2D eigenvalue weighted by atomic mass is 35.5. The van der Waals surface area contributed by atoms with E-state index in [0.717, 1.165) is 4.88 Å². The summed E-state index contributed by atoms with van der Waals surface area (Å²) in [7, 11) is -2.25. The lowest BCUT2D eigenvalue weighted by atomic mass is 10.3. The van der Waals surface area contributed by atoms with Gasteiger partial charge in [-0.15, -0.1) is 11.3 Å². The van der Waals surface area contributed by atoms with Crippen LogP contribution in [0.25, 0.3) is 0 Å². The van der Waals surface area contributed by atoms with Gasteiger partial charge in [0.25, 0.3) is 0 Å². The number of nitrogen functional groups attached to an aromatic ring is 1. The third kappa shape index (κ3) is 3.70. The summed E-state index contributed by atoms with van der Waals surface area (Å²) in [6.45, 7) is 0.347. The van der Waals surface area contributed by atoms with Crippen LogP contribution >= 0.6 is 34.5 Å². The van der Waals surface area contributed by atoms with Crippen LogP contribution in [0, 0.1) is 0 Å². The van der Waals surface area contributed by atoms with E-state index in [4.69, 9.17) is 28.9 Å². The van der Waals surface area contributed by atoms with Crippen LogP contribution < -0.4 is 5.73 Å². The molecule has 0 fully saturated rings. The highest BCUT2D eigenvalue weighted by Crippen LogP contribution is 2.33. The molecule has 21 heavy (non-hydrogen) atoms. The van der Waals surface area contributed by atoms with Crippen molar-refractivity contribution >= 4 is 50.2 Å². The van der Waals surface area contributed by atoms with E-state index in [-0.39, 0.29) is 14.9 Å². The van der Waals surface area contributed by atoms with Crippen molar-refractivity contribution in [1.82, 2.24) is 4.31 Å². The van der Waals surface area contributed by atoms with Gasteiger partial charge in [-0.25, -0.2) is 12.7 Å². The zero-order chi connectivity index (χ0) is 15.6. The minimum atomic E-state index is -3.75. The molecule has 0 spiro atoms. The average Bonchev–Trinajstić information content (AvgIpc) is 2.87. The summed E-state index contributed by atoms with van der Waals surface area (Å²) in [6, 6.07) is 6.66. The van der Waals surface area contributed by atoms with Gasteiger partial charge in [-0.05, 0) is 30.0 Å². The molecule has 8 heteroatoms. The van der Waals surface area contributed by atoms with Gasteiger partial charge in [-0.3, -0.25) is 0 Å². The minimum absolute atomic E-state index is 0.0305. The Bertz CT molecular complexity index is 708. The van der Waals surface area contributed by atoms with Gasteiger partial charge in [-0.2, -0.15) is 0 Å². The molecule has 2 aromatic rings. The van der Waals surface area contributed by atoms with Gasteiger partial charge in [0.15, 0.2) is 0 Å². The maximum Gasteiger partial charge on any atom is 0.245 e. The first-order valence-electron chi connectivity index (χ1n) is 6.05.